The first-order valence-corrected chi connectivity index (χ1v) is 25.9. The van der Waals surface area contributed by atoms with Gasteiger partial charge in [0.2, 0.25) is 0 Å². The second-order valence-corrected chi connectivity index (χ2v) is 20.5. The molecular formula is C66H40N4O6. The Hall–Kier alpha value is -9.80. The molecule has 0 amide bonds. The highest BCUT2D eigenvalue weighted by molar-refractivity contribution is 6.44. The van der Waals surface area contributed by atoms with Gasteiger partial charge in [-0.25, -0.2) is 9.97 Å². The first kappa shape index (κ1) is 41.6. The molecule has 0 atom stereocenters. The smallest absolute Gasteiger partial charge is 0.264 e. The molecule has 0 radical (unpaired) electrons. The monoisotopic (exact) mass is 984 g/mol. The van der Waals surface area contributed by atoms with Gasteiger partial charge in [0.1, 0.15) is 57.3 Å². The van der Waals surface area contributed by atoms with E-state index >= 15 is 9.59 Å². The largest absolute Gasteiger partial charge is 0.457 e. The number of fused-ring (bicyclic) bond motifs is 16. The van der Waals surface area contributed by atoms with Gasteiger partial charge in [-0.2, -0.15) is 0 Å². The molecule has 0 saturated heterocycles. The number of nitrogens with zero attached hydrogens (tertiary/aromatic N) is 4. The summed E-state index contributed by atoms with van der Waals surface area (Å²) in [4.78, 5) is 41.8. The lowest BCUT2D eigenvalue weighted by Crippen LogP contribution is -2.15. The van der Waals surface area contributed by atoms with Crippen LogP contribution in [0.4, 0.5) is 0 Å². The summed E-state index contributed by atoms with van der Waals surface area (Å²) in [6.45, 7) is 0. The third kappa shape index (κ3) is 5.92. The molecule has 76 heavy (non-hydrogen) atoms. The van der Waals surface area contributed by atoms with E-state index in [1.54, 1.807) is 8.80 Å². The van der Waals surface area contributed by atoms with Crippen LogP contribution in [0.1, 0.15) is 35.1 Å². The number of hydrogen-bond acceptors (Lipinski definition) is 8. The van der Waals surface area contributed by atoms with Crippen LogP contribution in [-0.4, -0.2) is 18.8 Å². The van der Waals surface area contributed by atoms with E-state index in [9.17, 15) is 0 Å². The van der Waals surface area contributed by atoms with E-state index in [1.807, 2.05) is 121 Å². The second kappa shape index (κ2) is 15.4. The average Bonchev–Trinajstić information content (AvgIpc) is 4.10. The normalized spacial score (nSPS) is 14.0. The van der Waals surface area contributed by atoms with Gasteiger partial charge in [0.25, 0.3) is 11.1 Å². The van der Waals surface area contributed by atoms with Crippen molar-refractivity contribution in [3.8, 4) is 46.0 Å². The highest BCUT2D eigenvalue weighted by Crippen LogP contribution is 2.58. The minimum absolute atomic E-state index is 0.236. The van der Waals surface area contributed by atoms with E-state index in [0.717, 1.165) is 71.6 Å². The van der Waals surface area contributed by atoms with Crippen LogP contribution >= 0.6 is 0 Å². The molecule has 10 nitrogen and oxygen atoms in total. The zero-order valence-electron chi connectivity index (χ0n) is 40.6. The van der Waals surface area contributed by atoms with Crippen LogP contribution in [-0.2, 0) is 25.7 Å². The fourth-order valence-corrected chi connectivity index (χ4v) is 12.8. The molecule has 0 saturated carbocycles. The minimum atomic E-state index is -0.236. The number of aryl methyl sites for hydroxylation is 4. The Morgan fingerprint density at radius 1 is 0.329 bits per heavy atom. The molecule has 360 valence electrons. The fraction of sp³-hybridized carbons (Fsp3) is 0.0909. The predicted molar refractivity (Wildman–Crippen MR) is 300 cm³/mol. The number of rotatable bonds is 0. The van der Waals surface area contributed by atoms with Gasteiger partial charge in [-0.05, 0) is 158 Å². The van der Waals surface area contributed by atoms with Gasteiger partial charge in [0.05, 0.1) is 32.8 Å². The summed E-state index contributed by atoms with van der Waals surface area (Å²) in [7, 11) is 0. The zero-order valence-corrected chi connectivity index (χ0v) is 40.6. The third-order valence-electron chi connectivity index (χ3n) is 16.0. The van der Waals surface area contributed by atoms with Crippen molar-refractivity contribution in [3.63, 3.8) is 0 Å². The molecule has 2 aliphatic heterocycles. The Morgan fingerprint density at radius 2 is 0.658 bits per heavy atom. The van der Waals surface area contributed by atoms with Gasteiger partial charge in [-0.3, -0.25) is 18.4 Å². The van der Waals surface area contributed by atoms with Crippen LogP contribution in [0.2, 0.25) is 0 Å². The quantitative estimate of drug-likeness (QED) is 0.109. The van der Waals surface area contributed by atoms with E-state index < -0.39 is 0 Å². The van der Waals surface area contributed by atoms with Crippen molar-refractivity contribution in [2.24, 2.45) is 0 Å². The first-order valence-electron chi connectivity index (χ1n) is 25.9. The summed E-state index contributed by atoms with van der Waals surface area (Å²) < 4.78 is 32.9. The summed E-state index contributed by atoms with van der Waals surface area (Å²) in [6.07, 6.45) is 5.11. The number of aromatic nitrogens is 4. The molecule has 15 aromatic rings. The summed E-state index contributed by atoms with van der Waals surface area (Å²) in [5, 5.41) is 7.80. The molecule has 0 unspecified atom stereocenters. The molecule has 2 aliphatic rings. The molecule has 0 N–H and O–H groups in total. The Balaban J connectivity index is 1.17. The summed E-state index contributed by atoms with van der Waals surface area (Å²) in [5.41, 5.74) is 7.84. The molecule has 0 spiro atoms. The Labute approximate surface area is 431 Å². The van der Waals surface area contributed by atoms with Crippen LogP contribution in [0.3, 0.4) is 0 Å². The van der Waals surface area contributed by atoms with Gasteiger partial charge < -0.3 is 18.9 Å². The number of para-hydroxylation sites is 4. The van der Waals surface area contributed by atoms with Crippen molar-refractivity contribution in [1.29, 1.82) is 0 Å². The van der Waals surface area contributed by atoms with E-state index in [0.29, 0.717) is 133 Å². The number of ether oxygens (including phenoxy) is 4. The summed E-state index contributed by atoms with van der Waals surface area (Å²) in [6, 6.07) is 56.4. The van der Waals surface area contributed by atoms with Crippen molar-refractivity contribution in [1.82, 2.24) is 18.8 Å². The van der Waals surface area contributed by atoms with Gasteiger partial charge >= 0.3 is 0 Å². The number of benzene rings is 11. The fourth-order valence-electron chi connectivity index (χ4n) is 12.8. The molecule has 10 heteroatoms. The predicted octanol–water partition coefficient (Wildman–Crippen LogP) is 15.4. The zero-order chi connectivity index (χ0) is 49.9. The molecule has 6 heterocycles. The molecule has 11 aromatic carbocycles. The summed E-state index contributed by atoms with van der Waals surface area (Å²) >= 11 is 0. The number of imidazole rings is 2. The number of hydrogen-bond donors (Lipinski definition) is 0. The highest BCUT2D eigenvalue weighted by Gasteiger charge is 2.33. The van der Waals surface area contributed by atoms with Crippen LogP contribution in [0, 0.1) is 0 Å². The topological polar surface area (TPSA) is 106 Å². The molecule has 17 rings (SSSR count). The Kier molecular flexibility index (Phi) is 8.43. The van der Waals surface area contributed by atoms with Crippen LogP contribution in [0.5, 0.6) is 46.0 Å². The van der Waals surface area contributed by atoms with Crippen molar-refractivity contribution < 1.29 is 18.9 Å². The second-order valence-electron chi connectivity index (χ2n) is 20.5. The van der Waals surface area contributed by atoms with E-state index in [2.05, 4.69) is 48.5 Å². The maximum Gasteiger partial charge on any atom is 0.264 e. The molecule has 8 bridgehead atoms. The van der Waals surface area contributed by atoms with Gasteiger partial charge in [0, 0.05) is 53.9 Å². The first-order chi connectivity index (χ1) is 37.5. The van der Waals surface area contributed by atoms with E-state index in [1.165, 1.54) is 0 Å². The van der Waals surface area contributed by atoms with Gasteiger partial charge in [0.15, 0.2) is 0 Å². The van der Waals surface area contributed by atoms with E-state index in [4.69, 9.17) is 28.9 Å². The van der Waals surface area contributed by atoms with E-state index in [-0.39, 0.29) is 11.1 Å². The van der Waals surface area contributed by atoms with Crippen molar-refractivity contribution in [3.05, 3.63) is 213 Å². The van der Waals surface area contributed by atoms with Gasteiger partial charge in [-0.1, -0.05) is 72.8 Å². The van der Waals surface area contributed by atoms with Crippen LogP contribution in [0.15, 0.2) is 179 Å². The SMILES string of the molecule is O=c1c2cc3c4c5c(cc6c(=O)n7c8ccccc8nc7c7cc8c(c9c(cc(c2c49)c2nc4ccccc4n12)Oc1cccc(c1)CCCc1cccc(c1)O8)c5c67)Oc1cccc(c1)CCCc1cccc(c1)O3. The lowest BCUT2D eigenvalue weighted by molar-refractivity contribution is 0.483. The standard InChI is InChI=1S/C66H40N4O6/c71-65-45-33-53-59-60-54(76-42-22-10-18-38(30-42)14-6-13-37-17-9-21-41(29-37)75-53)34-46-56-44(64-68-48-24-2-4-26-50(48)70(64)66(46)72)32-52-58(62(56)60)57-51(31-43(55(45)61(57)59)63-67-47-23-1-3-25-49(47)69(63)65)73-39-19-7-15-35(27-39)11-5-12-36-16-8-20-40(28-36)74-52/h1-4,7-10,15-34H,5-6,11-14H2. The molecule has 0 fully saturated rings. The van der Waals surface area contributed by atoms with Crippen LogP contribution < -0.4 is 30.1 Å². The lowest BCUT2D eigenvalue weighted by Gasteiger charge is -2.25. The molecular weight excluding hydrogens is 945 g/mol. The number of pyridine rings is 2. The third-order valence-corrected chi connectivity index (χ3v) is 16.0. The summed E-state index contributed by atoms with van der Waals surface area (Å²) in [5.74, 6) is 4.42. The lowest BCUT2D eigenvalue weighted by atomic mass is 9.84. The minimum Gasteiger partial charge on any atom is -0.457 e. The highest BCUT2D eigenvalue weighted by atomic mass is 16.5. The maximum atomic E-state index is 15.7. The van der Waals surface area contributed by atoms with Crippen molar-refractivity contribution in [2.75, 3.05) is 0 Å². The average molecular weight is 985 g/mol. The molecule has 4 aromatic heterocycles. The van der Waals surface area contributed by atoms with Crippen molar-refractivity contribution >= 4 is 98.0 Å². The van der Waals surface area contributed by atoms with Crippen molar-refractivity contribution in [2.45, 2.75) is 38.5 Å². The molecule has 0 aliphatic carbocycles. The Morgan fingerprint density at radius 3 is 1.01 bits per heavy atom. The van der Waals surface area contributed by atoms with Gasteiger partial charge in [-0.15, -0.1) is 0 Å². The van der Waals surface area contributed by atoms with Crippen LogP contribution in [0.25, 0.3) is 98.0 Å². The maximum absolute atomic E-state index is 15.7. The Bertz CT molecular complexity index is 4800.